The molecule has 1 rings (SSSR count). The third-order valence-corrected chi connectivity index (χ3v) is 5.19. The Labute approximate surface area is 169 Å². The van der Waals surface area contributed by atoms with Gasteiger partial charge in [-0.1, -0.05) is 59.4 Å². The highest BCUT2D eigenvalue weighted by Crippen LogP contribution is 2.36. The highest BCUT2D eigenvalue weighted by molar-refractivity contribution is 5.81. The molecule has 2 unspecified atom stereocenters. The molecule has 2 atom stereocenters. The van der Waals surface area contributed by atoms with E-state index in [1.54, 1.807) is 18.2 Å². The smallest absolute Gasteiger partial charge is 0.310 e. The molecule has 0 saturated carbocycles. The van der Waals surface area contributed by atoms with Gasteiger partial charge in [-0.2, -0.15) is 0 Å². The molecule has 1 aromatic carbocycles. The van der Waals surface area contributed by atoms with Gasteiger partial charge in [0.25, 0.3) is 0 Å². The van der Waals surface area contributed by atoms with Gasteiger partial charge < -0.3 is 14.9 Å². The van der Waals surface area contributed by atoms with E-state index in [0.717, 1.165) is 25.7 Å². The van der Waals surface area contributed by atoms with E-state index in [0.29, 0.717) is 41.6 Å². The minimum atomic E-state index is -0.912. The van der Waals surface area contributed by atoms with Crippen molar-refractivity contribution in [2.45, 2.75) is 78.1 Å². The van der Waals surface area contributed by atoms with E-state index in [4.69, 9.17) is 4.74 Å². The number of aliphatic carboxylic acids is 2. The van der Waals surface area contributed by atoms with Crippen LogP contribution in [0.1, 0.15) is 89.2 Å². The fourth-order valence-corrected chi connectivity index (χ4v) is 3.58. The summed E-state index contributed by atoms with van der Waals surface area (Å²) in [4.78, 5) is 24.0. The highest BCUT2D eigenvalue weighted by Gasteiger charge is 2.29. The number of hydrogen-bond acceptors (Lipinski definition) is 3. The molecular weight excluding hydrogens is 356 g/mol. The first kappa shape index (κ1) is 24.0. The topological polar surface area (TPSA) is 83.8 Å². The fourth-order valence-electron chi connectivity index (χ4n) is 3.58. The summed E-state index contributed by atoms with van der Waals surface area (Å²) >= 11 is 0. The molecule has 28 heavy (non-hydrogen) atoms. The second-order valence-corrected chi connectivity index (χ2v) is 8.43. The second kappa shape index (κ2) is 11.7. The molecule has 0 radical (unpaired) electrons. The zero-order valence-corrected chi connectivity index (χ0v) is 17.9. The van der Waals surface area contributed by atoms with Crippen molar-refractivity contribution < 1.29 is 24.5 Å². The van der Waals surface area contributed by atoms with E-state index in [1.165, 1.54) is 7.11 Å². The van der Waals surface area contributed by atoms with Gasteiger partial charge in [0, 0.05) is 0 Å². The average molecular weight is 393 g/mol. The lowest BCUT2D eigenvalue weighted by molar-refractivity contribution is -0.140. The van der Waals surface area contributed by atoms with Crippen LogP contribution in [0.3, 0.4) is 0 Å². The summed E-state index contributed by atoms with van der Waals surface area (Å²) in [5.41, 5.74) is 1.18. The van der Waals surface area contributed by atoms with Gasteiger partial charge in [0.15, 0.2) is 0 Å². The van der Waals surface area contributed by atoms with Crippen LogP contribution in [0.25, 0.3) is 0 Å². The van der Waals surface area contributed by atoms with Crippen molar-refractivity contribution >= 4 is 11.9 Å². The SMILES string of the molecule is COc1ccc(C(CCCC(C)C)C(=O)O)c(C(CCCC(C)C)C(=O)O)c1. The van der Waals surface area contributed by atoms with Crippen molar-refractivity contribution in [3.8, 4) is 5.75 Å². The Kier molecular flexibility index (Phi) is 10.0. The Morgan fingerprint density at radius 3 is 1.68 bits per heavy atom. The monoisotopic (exact) mass is 392 g/mol. The number of carboxylic acids is 2. The molecule has 0 heterocycles. The lowest BCUT2D eigenvalue weighted by Crippen LogP contribution is -2.19. The van der Waals surface area contributed by atoms with Crippen LogP contribution in [-0.2, 0) is 9.59 Å². The van der Waals surface area contributed by atoms with Crippen molar-refractivity contribution in [2.24, 2.45) is 11.8 Å². The molecule has 5 nitrogen and oxygen atoms in total. The van der Waals surface area contributed by atoms with Crippen LogP contribution in [0.15, 0.2) is 18.2 Å². The average Bonchev–Trinajstić information content (AvgIpc) is 2.61. The van der Waals surface area contributed by atoms with Crippen molar-refractivity contribution in [3.63, 3.8) is 0 Å². The van der Waals surface area contributed by atoms with E-state index in [9.17, 15) is 19.8 Å². The highest BCUT2D eigenvalue weighted by atomic mass is 16.5. The molecule has 0 amide bonds. The van der Waals surface area contributed by atoms with Gasteiger partial charge >= 0.3 is 11.9 Å². The number of ether oxygens (including phenoxy) is 1. The summed E-state index contributed by atoms with van der Waals surface area (Å²) < 4.78 is 5.29. The molecule has 0 saturated heterocycles. The minimum Gasteiger partial charge on any atom is -0.497 e. The standard InChI is InChI=1S/C23H36O5/c1-15(2)8-6-10-19(22(24)25)18-13-12-17(28-5)14-21(18)20(23(26)27)11-7-9-16(3)4/h12-16,19-20H,6-11H2,1-5H3,(H,24,25)(H,26,27). The third-order valence-electron chi connectivity index (χ3n) is 5.19. The van der Waals surface area contributed by atoms with Gasteiger partial charge in [-0.25, -0.2) is 0 Å². The van der Waals surface area contributed by atoms with Crippen LogP contribution in [-0.4, -0.2) is 29.3 Å². The van der Waals surface area contributed by atoms with Gasteiger partial charge in [0.1, 0.15) is 5.75 Å². The Morgan fingerprint density at radius 1 is 0.821 bits per heavy atom. The van der Waals surface area contributed by atoms with Crippen molar-refractivity contribution in [1.29, 1.82) is 0 Å². The predicted molar refractivity (Wildman–Crippen MR) is 111 cm³/mol. The summed E-state index contributed by atoms with van der Waals surface area (Å²) in [6.45, 7) is 8.46. The van der Waals surface area contributed by atoms with Crippen molar-refractivity contribution in [3.05, 3.63) is 29.3 Å². The molecule has 0 aromatic heterocycles. The van der Waals surface area contributed by atoms with E-state index in [-0.39, 0.29) is 0 Å². The van der Waals surface area contributed by atoms with Gasteiger partial charge in [-0.05, 0) is 47.9 Å². The molecule has 5 heteroatoms. The number of benzene rings is 1. The van der Waals surface area contributed by atoms with E-state index in [1.807, 2.05) is 0 Å². The first-order chi connectivity index (χ1) is 13.2. The number of carbonyl (C=O) groups is 2. The maximum absolute atomic E-state index is 12.0. The predicted octanol–water partition coefficient (Wildman–Crippen LogP) is 5.68. The van der Waals surface area contributed by atoms with Gasteiger partial charge in [0.05, 0.1) is 18.9 Å². The van der Waals surface area contributed by atoms with Crippen LogP contribution < -0.4 is 4.74 Å². The van der Waals surface area contributed by atoms with Gasteiger partial charge in [-0.3, -0.25) is 9.59 Å². The van der Waals surface area contributed by atoms with Crippen LogP contribution in [0, 0.1) is 11.8 Å². The van der Waals surface area contributed by atoms with Crippen molar-refractivity contribution in [1.82, 2.24) is 0 Å². The molecular formula is C23H36O5. The quantitative estimate of drug-likeness (QED) is 0.451. The van der Waals surface area contributed by atoms with E-state index in [2.05, 4.69) is 27.7 Å². The third kappa shape index (κ3) is 7.53. The van der Waals surface area contributed by atoms with Crippen LogP contribution in [0.2, 0.25) is 0 Å². The van der Waals surface area contributed by atoms with Gasteiger partial charge in [-0.15, -0.1) is 0 Å². The maximum Gasteiger partial charge on any atom is 0.310 e. The molecule has 0 aliphatic rings. The maximum atomic E-state index is 12.0. The van der Waals surface area contributed by atoms with Crippen LogP contribution >= 0.6 is 0 Å². The number of methoxy groups -OCH3 is 1. The number of hydrogen-bond donors (Lipinski definition) is 2. The Hall–Kier alpha value is -2.04. The summed E-state index contributed by atoms with van der Waals surface area (Å²) in [5.74, 6) is -1.68. The second-order valence-electron chi connectivity index (χ2n) is 8.43. The van der Waals surface area contributed by atoms with Gasteiger partial charge in [0.2, 0.25) is 0 Å². The summed E-state index contributed by atoms with van der Waals surface area (Å²) in [6.07, 6.45) is 4.48. The molecule has 0 fully saturated rings. The Morgan fingerprint density at radius 2 is 1.29 bits per heavy atom. The summed E-state index contributed by atoms with van der Waals surface area (Å²) in [7, 11) is 1.53. The summed E-state index contributed by atoms with van der Waals surface area (Å²) in [6, 6.07) is 5.17. The zero-order chi connectivity index (χ0) is 21.3. The first-order valence-electron chi connectivity index (χ1n) is 10.3. The molecule has 1 aromatic rings. The zero-order valence-electron chi connectivity index (χ0n) is 17.9. The molecule has 158 valence electrons. The number of rotatable bonds is 13. The molecule has 0 bridgehead atoms. The molecule has 0 spiro atoms. The Balaban J connectivity index is 3.24. The molecule has 0 aliphatic carbocycles. The fraction of sp³-hybridized carbons (Fsp3) is 0.652. The largest absolute Gasteiger partial charge is 0.497 e. The summed E-state index contributed by atoms with van der Waals surface area (Å²) in [5, 5.41) is 19.7. The van der Waals surface area contributed by atoms with E-state index >= 15 is 0 Å². The van der Waals surface area contributed by atoms with E-state index < -0.39 is 23.8 Å². The lowest BCUT2D eigenvalue weighted by Gasteiger charge is -2.22. The van der Waals surface area contributed by atoms with Crippen LogP contribution in [0.5, 0.6) is 5.75 Å². The van der Waals surface area contributed by atoms with Crippen molar-refractivity contribution in [2.75, 3.05) is 7.11 Å². The Bertz CT molecular complexity index is 636. The minimum absolute atomic E-state index is 0.492. The molecule has 2 N–H and O–H groups in total. The normalized spacial score (nSPS) is 13.5. The molecule has 0 aliphatic heterocycles. The first-order valence-corrected chi connectivity index (χ1v) is 10.3. The lowest BCUT2D eigenvalue weighted by atomic mass is 9.82. The number of carboxylic acid groups (broad SMARTS) is 2. The van der Waals surface area contributed by atoms with Crippen LogP contribution in [0.4, 0.5) is 0 Å².